The molecule has 1 rings (SSSR count). The molecule has 0 aliphatic carbocycles. The van der Waals surface area contributed by atoms with Crippen molar-refractivity contribution in [1.82, 2.24) is 0 Å². The fourth-order valence-electron chi connectivity index (χ4n) is 1.68. The van der Waals surface area contributed by atoms with Gasteiger partial charge in [-0.2, -0.15) is 5.26 Å². The number of halogens is 1. The van der Waals surface area contributed by atoms with Gasteiger partial charge in [0.05, 0.1) is 17.6 Å². The first-order chi connectivity index (χ1) is 9.77. The van der Waals surface area contributed by atoms with E-state index in [1.54, 1.807) is 0 Å². The number of hydrogen-bond donors (Lipinski definition) is 0. The highest BCUT2D eigenvalue weighted by Crippen LogP contribution is 2.34. The smallest absolute Gasteiger partial charge is 0.271 e. The summed E-state index contributed by atoms with van der Waals surface area (Å²) in [6.45, 7) is 1.70. The summed E-state index contributed by atoms with van der Waals surface area (Å²) < 4.78 is 28.5. The number of benzene rings is 1. The van der Waals surface area contributed by atoms with E-state index < -0.39 is 18.9 Å². The second kappa shape index (κ2) is 7.24. The molecule has 9 heteroatoms. The van der Waals surface area contributed by atoms with Gasteiger partial charge in [0.2, 0.25) is 0 Å². The Kier molecular flexibility index (Phi) is 5.93. The lowest BCUT2D eigenvalue weighted by atomic mass is 10.2. The Morgan fingerprint density at radius 1 is 1.43 bits per heavy atom. The van der Waals surface area contributed by atoms with Crippen molar-refractivity contribution in [3.05, 3.63) is 27.8 Å². The first kappa shape index (κ1) is 17.2. The molecule has 0 saturated carbocycles. The van der Waals surface area contributed by atoms with Crippen LogP contribution in [-0.2, 0) is 9.05 Å². The lowest BCUT2D eigenvalue weighted by Gasteiger charge is -2.12. The Morgan fingerprint density at radius 3 is 2.62 bits per heavy atom. The van der Waals surface area contributed by atoms with Crippen molar-refractivity contribution >= 4 is 25.4 Å². The molecule has 0 spiro atoms. The number of nitro benzene ring substituents is 1. The molecule has 0 aliphatic rings. The summed E-state index contributed by atoms with van der Waals surface area (Å²) in [4.78, 5) is 9.65. The maximum atomic E-state index is 11.5. The van der Waals surface area contributed by atoms with Crippen molar-refractivity contribution in [2.24, 2.45) is 0 Å². The molecule has 0 unspecified atom stereocenters. The zero-order valence-electron chi connectivity index (χ0n) is 11.2. The zero-order chi connectivity index (χ0) is 16.0. The molecule has 0 radical (unpaired) electrons. The lowest BCUT2D eigenvalue weighted by molar-refractivity contribution is -0.385. The Hall–Kier alpha value is -1.85. The molecule has 0 heterocycles. The molecule has 0 atom stereocenters. The monoisotopic (exact) mass is 332 g/mol. The molecule has 21 heavy (non-hydrogen) atoms. The average Bonchev–Trinajstić information content (AvgIpc) is 2.38. The van der Waals surface area contributed by atoms with Crippen LogP contribution < -0.4 is 4.74 Å². The van der Waals surface area contributed by atoms with Crippen LogP contribution in [0, 0.1) is 28.4 Å². The summed E-state index contributed by atoms with van der Waals surface area (Å²) in [6, 6.07) is 4.08. The maximum Gasteiger partial charge on any atom is 0.271 e. The van der Waals surface area contributed by atoms with Gasteiger partial charge in [0.1, 0.15) is 10.6 Å². The molecule has 0 bridgehead atoms. The number of nitriles is 1. The minimum Gasteiger partial charge on any atom is -0.492 e. The summed E-state index contributed by atoms with van der Waals surface area (Å²) in [5.74, 6) is 0.00700. The summed E-state index contributed by atoms with van der Waals surface area (Å²) in [7, 11) is 1.13. The van der Waals surface area contributed by atoms with Gasteiger partial charge in [-0.15, -0.1) is 0 Å². The summed E-state index contributed by atoms with van der Waals surface area (Å²) >= 11 is 0. The Balaban J connectivity index is 3.07. The normalized spacial score (nSPS) is 10.9. The molecule has 0 fully saturated rings. The van der Waals surface area contributed by atoms with E-state index in [0.29, 0.717) is 24.8 Å². The van der Waals surface area contributed by atoms with E-state index >= 15 is 0 Å². The molecule has 0 aliphatic heterocycles. The summed E-state index contributed by atoms with van der Waals surface area (Å²) in [5, 5.41) is 19.2. The molecule has 1 aromatic carbocycles. The quantitative estimate of drug-likeness (QED) is 0.328. The van der Waals surface area contributed by atoms with E-state index in [2.05, 4.69) is 0 Å². The van der Waals surface area contributed by atoms with Crippen molar-refractivity contribution in [3.63, 3.8) is 0 Å². The van der Waals surface area contributed by atoms with Gasteiger partial charge in [0.25, 0.3) is 14.7 Å². The highest BCUT2D eigenvalue weighted by atomic mass is 35.7. The number of unbranched alkanes of at least 4 members (excludes halogenated alkanes) is 2. The topological polar surface area (TPSA) is 110 Å². The molecule has 1 aromatic rings. The third kappa shape index (κ3) is 4.88. The minimum atomic E-state index is -4.17. The maximum absolute atomic E-state index is 11.5. The predicted octanol–water partition coefficient (Wildman–Crippen LogP) is 2.90. The van der Waals surface area contributed by atoms with Crippen LogP contribution in [0.5, 0.6) is 5.75 Å². The molecular weight excluding hydrogens is 320 g/mol. The fourth-order valence-corrected chi connectivity index (χ4v) is 2.72. The Bertz CT molecular complexity index is 682. The molecule has 114 valence electrons. The zero-order valence-corrected chi connectivity index (χ0v) is 12.8. The van der Waals surface area contributed by atoms with E-state index in [0.717, 1.165) is 6.07 Å². The van der Waals surface area contributed by atoms with Gasteiger partial charge < -0.3 is 4.74 Å². The minimum absolute atomic E-state index is 0.00700. The Labute approximate surface area is 126 Å². The molecule has 0 saturated heterocycles. The number of nitrogens with zero attached hydrogens (tertiary/aromatic N) is 2. The number of nitro groups is 1. The third-order valence-corrected chi connectivity index (χ3v) is 3.96. The molecule has 7 nitrogen and oxygen atoms in total. The second-order valence-corrected chi connectivity index (χ2v) is 6.78. The van der Waals surface area contributed by atoms with Crippen LogP contribution in [0.4, 0.5) is 5.69 Å². The van der Waals surface area contributed by atoms with Gasteiger partial charge in [-0.25, -0.2) is 8.42 Å². The SMILES string of the molecule is Cc1cc([N+](=O)[O-])cc(S(=O)(=O)Cl)c1OCCCCC#N. The van der Waals surface area contributed by atoms with Crippen LogP contribution in [0.15, 0.2) is 17.0 Å². The highest BCUT2D eigenvalue weighted by molar-refractivity contribution is 8.13. The highest BCUT2D eigenvalue weighted by Gasteiger charge is 2.23. The van der Waals surface area contributed by atoms with Gasteiger partial charge in [-0.05, 0) is 25.3 Å². The number of ether oxygens (including phenoxy) is 1. The van der Waals surface area contributed by atoms with E-state index in [-0.39, 0.29) is 18.0 Å². The van der Waals surface area contributed by atoms with Crippen LogP contribution in [0.2, 0.25) is 0 Å². The van der Waals surface area contributed by atoms with Gasteiger partial charge in [0.15, 0.2) is 0 Å². The van der Waals surface area contributed by atoms with Gasteiger partial charge >= 0.3 is 0 Å². The average molecular weight is 333 g/mol. The van der Waals surface area contributed by atoms with Crippen LogP contribution >= 0.6 is 10.7 Å². The fraction of sp³-hybridized carbons (Fsp3) is 0.417. The second-order valence-electron chi connectivity index (χ2n) is 4.25. The van der Waals surface area contributed by atoms with E-state index in [1.807, 2.05) is 6.07 Å². The number of non-ortho nitro benzene ring substituents is 1. The van der Waals surface area contributed by atoms with Crippen LogP contribution in [0.3, 0.4) is 0 Å². The van der Waals surface area contributed by atoms with Crippen LogP contribution in [0.1, 0.15) is 24.8 Å². The number of rotatable bonds is 7. The standard InChI is InChI=1S/C12H13ClN2O5S/c1-9-7-10(15(16)17)8-11(21(13,18)19)12(9)20-6-4-2-3-5-14/h7-8H,2-4,6H2,1H3. The summed E-state index contributed by atoms with van der Waals surface area (Å²) in [5.41, 5.74) is -0.0627. The third-order valence-electron chi connectivity index (χ3n) is 2.63. The molecule has 0 N–H and O–H groups in total. The van der Waals surface area contributed by atoms with Crippen LogP contribution in [-0.4, -0.2) is 19.9 Å². The van der Waals surface area contributed by atoms with E-state index in [4.69, 9.17) is 20.7 Å². The van der Waals surface area contributed by atoms with Crippen molar-refractivity contribution in [3.8, 4) is 11.8 Å². The van der Waals surface area contributed by atoms with E-state index in [9.17, 15) is 18.5 Å². The van der Waals surface area contributed by atoms with Crippen molar-refractivity contribution in [2.45, 2.75) is 31.1 Å². The largest absolute Gasteiger partial charge is 0.492 e. The first-order valence-corrected chi connectivity index (χ1v) is 8.31. The van der Waals surface area contributed by atoms with Crippen molar-refractivity contribution in [1.29, 1.82) is 5.26 Å². The Morgan fingerprint density at radius 2 is 2.10 bits per heavy atom. The van der Waals surface area contributed by atoms with Crippen molar-refractivity contribution < 1.29 is 18.1 Å². The number of hydrogen-bond acceptors (Lipinski definition) is 6. The van der Waals surface area contributed by atoms with Gasteiger partial charge in [-0.1, -0.05) is 0 Å². The predicted molar refractivity (Wildman–Crippen MR) is 75.8 cm³/mol. The molecular formula is C12H13ClN2O5S. The molecule has 0 amide bonds. The van der Waals surface area contributed by atoms with E-state index in [1.165, 1.54) is 13.0 Å². The summed E-state index contributed by atoms with van der Waals surface area (Å²) in [6.07, 6.45) is 1.56. The van der Waals surface area contributed by atoms with Gasteiger partial charge in [0, 0.05) is 29.2 Å². The first-order valence-electron chi connectivity index (χ1n) is 6.01. The molecule has 0 aromatic heterocycles. The lowest BCUT2D eigenvalue weighted by Crippen LogP contribution is -2.05. The van der Waals surface area contributed by atoms with Gasteiger partial charge in [-0.3, -0.25) is 10.1 Å². The van der Waals surface area contributed by atoms with Crippen molar-refractivity contribution in [2.75, 3.05) is 6.61 Å². The van der Waals surface area contributed by atoms with Crippen LogP contribution in [0.25, 0.3) is 0 Å². The number of aryl methyl sites for hydroxylation is 1.